The van der Waals surface area contributed by atoms with Gasteiger partial charge < -0.3 is 16.4 Å². The molecule has 0 amide bonds. The van der Waals surface area contributed by atoms with Crippen molar-refractivity contribution < 1.29 is 16.4 Å². The van der Waals surface area contributed by atoms with E-state index < -0.39 is 0 Å². The Kier molecular flexibility index (Phi) is 1500. The molecule has 0 atom stereocenters. The standard InChI is InChI=1S/In.3H2O/h;3*1H2/q+3;;;/p-3/i1-2;;;. The van der Waals surface area contributed by atoms with Gasteiger partial charge in [-0.3, -0.25) is 0 Å². The molecule has 0 saturated heterocycles. The molecule has 0 aromatic rings. The summed E-state index contributed by atoms with van der Waals surface area (Å²) in [5.41, 5.74) is 0. The van der Waals surface area contributed by atoms with E-state index in [9.17, 15) is 0 Å². The zero-order chi connectivity index (χ0) is 0. The van der Waals surface area contributed by atoms with Crippen LogP contribution in [0.2, 0.25) is 0 Å². The fourth-order valence-electron chi connectivity index (χ4n) is 0. The van der Waals surface area contributed by atoms with E-state index in [0.29, 0.717) is 0 Å². The number of hydrogen-bond donors (Lipinski definition) is 0. The summed E-state index contributed by atoms with van der Waals surface area (Å²) in [5.74, 6) is 0. The predicted molar refractivity (Wildman–Crippen MR) is 11.6 cm³/mol. The first-order chi connectivity index (χ1) is 0. The minimum Gasteiger partial charge on any atom is -0.870 e. The van der Waals surface area contributed by atoms with Crippen molar-refractivity contribution in [3.8, 4) is 0 Å². The van der Waals surface area contributed by atoms with Gasteiger partial charge in [-0.1, -0.05) is 0 Å². The first kappa shape index (κ1) is 119. The van der Waals surface area contributed by atoms with Crippen LogP contribution in [0, 0.1) is 0 Å². The van der Waals surface area contributed by atoms with Crippen LogP contribution < -0.4 is 0 Å². The van der Waals surface area contributed by atoms with Gasteiger partial charge in [0.05, 0.1) is 0 Å². The molecule has 0 aliphatic carbocycles. The first-order valence-electron chi connectivity index (χ1n) is 0. The number of rotatable bonds is 0. The normalized spacial score (nSPS) is 0. The maximum absolute atomic E-state index is 0. The topological polar surface area (TPSA) is 90.0 Å². The maximum Gasteiger partial charge on any atom is 3.00 e. The van der Waals surface area contributed by atoms with Gasteiger partial charge in [-0.2, -0.15) is 0 Å². The van der Waals surface area contributed by atoms with Crippen LogP contribution in [0.15, 0.2) is 0 Å². The molecule has 0 heterocycles. The van der Waals surface area contributed by atoms with Crippen LogP contribution in [-0.4, -0.2) is 42.3 Å². The van der Waals surface area contributed by atoms with Crippen molar-refractivity contribution in [2.24, 2.45) is 0 Å². The summed E-state index contributed by atoms with van der Waals surface area (Å²) in [6.45, 7) is 0. The van der Waals surface area contributed by atoms with E-state index in [4.69, 9.17) is 0 Å². The molecular weight excluding hydrogens is 161 g/mol. The Labute approximate surface area is 42.7 Å². The molecule has 0 aliphatic rings. The SMILES string of the molecule is [113In+3].[OH-].[OH-].[OH-]. The predicted octanol–water partition coefficient (Wildman–Crippen LogP) is -0.911. The van der Waals surface area contributed by atoms with Gasteiger partial charge in [0.15, 0.2) is 0 Å². The van der Waals surface area contributed by atoms with E-state index in [2.05, 4.69) is 0 Å². The Balaban J connectivity index is 0. The summed E-state index contributed by atoms with van der Waals surface area (Å²) in [6.07, 6.45) is 0. The van der Waals surface area contributed by atoms with Gasteiger partial charge in [0.2, 0.25) is 0 Å². The Hall–Kier alpha value is 0.750. The van der Waals surface area contributed by atoms with Gasteiger partial charge in [0.1, 0.15) is 0 Å². The van der Waals surface area contributed by atoms with Crippen molar-refractivity contribution >= 4 is 25.8 Å². The molecule has 3 nitrogen and oxygen atoms in total. The van der Waals surface area contributed by atoms with E-state index in [1.54, 1.807) is 0 Å². The fraction of sp³-hybridized carbons (Fsp3) is 0. The Morgan fingerprint density at radius 1 is 0.500 bits per heavy atom. The molecule has 0 aliphatic heterocycles. The zero-order valence-electron chi connectivity index (χ0n) is 1.92. The van der Waals surface area contributed by atoms with Gasteiger partial charge >= 0.3 is 25.8 Å². The van der Waals surface area contributed by atoms with E-state index in [1.165, 1.54) is 0 Å². The summed E-state index contributed by atoms with van der Waals surface area (Å²) >= 11 is 0. The molecule has 0 bridgehead atoms. The van der Waals surface area contributed by atoms with Crippen LogP contribution in [0.1, 0.15) is 0 Å². The van der Waals surface area contributed by atoms with Gasteiger partial charge in [0, 0.05) is 0 Å². The summed E-state index contributed by atoms with van der Waals surface area (Å²) in [4.78, 5) is 0. The average molecular weight is 164 g/mol. The van der Waals surface area contributed by atoms with Crippen molar-refractivity contribution in [3.63, 3.8) is 0 Å². The molecule has 0 aromatic heterocycles. The minimum absolute atomic E-state index is 0. The second-order valence-electron chi connectivity index (χ2n) is 0. The van der Waals surface area contributed by atoms with Crippen LogP contribution in [0.5, 0.6) is 0 Å². The molecule has 0 rings (SSSR count). The van der Waals surface area contributed by atoms with E-state index in [1.807, 2.05) is 0 Å². The summed E-state index contributed by atoms with van der Waals surface area (Å²) in [5, 5.41) is 0. The van der Waals surface area contributed by atoms with Crippen LogP contribution in [-0.2, 0) is 0 Å². The molecule has 0 aromatic carbocycles. The van der Waals surface area contributed by atoms with Crippen LogP contribution in [0.4, 0.5) is 0 Å². The Morgan fingerprint density at radius 2 is 0.500 bits per heavy atom. The maximum atomic E-state index is 0. The first-order valence-corrected chi connectivity index (χ1v) is 0. The van der Waals surface area contributed by atoms with Gasteiger partial charge in [0.25, 0.3) is 0 Å². The fourth-order valence-corrected chi connectivity index (χ4v) is 0. The Bertz CT molecular complexity index is 3.25. The van der Waals surface area contributed by atoms with Crippen molar-refractivity contribution in [2.45, 2.75) is 0 Å². The number of hydrogen-bond acceptors (Lipinski definition) is 3. The van der Waals surface area contributed by atoms with Crippen molar-refractivity contribution in [2.75, 3.05) is 0 Å². The summed E-state index contributed by atoms with van der Waals surface area (Å²) in [6, 6.07) is 0. The Morgan fingerprint density at radius 3 is 0.500 bits per heavy atom. The second kappa shape index (κ2) is 50.4. The quantitative estimate of drug-likeness (QED) is 0.463. The summed E-state index contributed by atoms with van der Waals surface area (Å²) < 4.78 is 0. The monoisotopic (exact) mass is 164 g/mol. The third kappa shape index (κ3) is 15.0. The molecule has 0 unspecified atom stereocenters. The van der Waals surface area contributed by atoms with Crippen LogP contribution >= 0.6 is 0 Å². The molecule has 4 heteroatoms. The largest absolute Gasteiger partial charge is 3.00 e. The molecule has 0 saturated carbocycles. The molecule has 4 heavy (non-hydrogen) atoms. The van der Waals surface area contributed by atoms with Crippen molar-refractivity contribution in [1.29, 1.82) is 0 Å². The van der Waals surface area contributed by atoms with Crippen molar-refractivity contribution in [3.05, 3.63) is 0 Å². The molecule has 0 radical (unpaired) electrons. The van der Waals surface area contributed by atoms with Gasteiger partial charge in [-0.05, 0) is 0 Å². The summed E-state index contributed by atoms with van der Waals surface area (Å²) in [7, 11) is 0. The molecule has 0 spiro atoms. The van der Waals surface area contributed by atoms with Crippen LogP contribution in [0.3, 0.4) is 0 Å². The minimum atomic E-state index is 0. The van der Waals surface area contributed by atoms with E-state index in [-0.39, 0.29) is 42.3 Å². The molecule has 0 fully saturated rings. The van der Waals surface area contributed by atoms with Gasteiger partial charge in [-0.25, -0.2) is 0 Å². The molecule has 24 valence electrons. The van der Waals surface area contributed by atoms with Gasteiger partial charge in [-0.15, -0.1) is 0 Å². The van der Waals surface area contributed by atoms with E-state index >= 15 is 0 Å². The zero-order valence-corrected chi connectivity index (χ0v) is 5.21. The van der Waals surface area contributed by atoms with Crippen LogP contribution in [0.25, 0.3) is 0 Å². The van der Waals surface area contributed by atoms with E-state index in [0.717, 1.165) is 0 Å². The second-order valence-corrected chi connectivity index (χ2v) is 0. The average Bonchev–Trinajstić information content (AvgIpc) is 0. The smallest absolute Gasteiger partial charge is 0.870 e. The third-order valence-corrected chi connectivity index (χ3v) is 0. The third-order valence-electron chi connectivity index (χ3n) is 0. The van der Waals surface area contributed by atoms with Crippen molar-refractivity contribution in [1.82, 2.24) is 0 Å². The molecular formula is H3InO3. The molecule has 3 N–H and O–H groups in total.